The molecule has 1 heterocycles. The van der Waals surface area contributed by atoms with Crippen LogP contribution in [0.3, 0.4) is 0 Å². The van der Waals surface area contributed by atoms with Crippen molar-refractivity contribution in [3.05, 3.63) is 52.0 Å². The topological polar surface area (TPSA) is 85.1 Å². The minimum Gasteiger partial charge on any atom is -0.326 e. The van der Waals surface area contributed by atoms with E-state index in [4.69, 9.17) is 5.73 Å². The third-order valence-electron chi connectivity index (χ3n) is 2.53. The number of nitrogens with two attached hydrogens (primary N) is 1. The molecule has 19 heavy (non-hydrogen) atoms. The second-order valence-electron chi connectivity index (χ2n) is 4.07. The number of benzene rings is 1. The van der Waals surface area contributed by atoms with Gasteiger partial charge >= 0.3 is 0 Å². The van der Waals surface area contributed by atoms with Crippen LogP contribution in [0.2, 0.25) is 0 Å². The first kappa shape index (κ1) is 14.1. The Labute approximate surface area is 116 Å². The average Bonchev–Trinajstić information content (AvgIpc) is 2.89. The van der Waals surface area contributed by atoms with Crippen LogP contribution in [-0.4, -0.2) is 13.4 Å². The largest absolute Gasteiger partial charge is 0.326 e. The minimum absolute atomic E-state index is 0.0420. The van der Waals surface area contributed by atoms with E-state index in [1.807, 2.05) is 18.2 Å². The lowest BCUT2D eigenvalue weighted by Crippen LogP contribution is -2.24. The van der Waals surface area contributed by atoms with Crippen molar-refractivity contribution in [1.82, 2.24) is 9.71 Å². The van der Waals surface area contributed by atoms with Crippen molar-refractivity contribution < 1.29 is 8.42 Å². The smallest absolute Gasteiger partial charge is 0.216 e. The van der Waals surface area contributed by atoms with E-state index < -0.39 is 10.0 Å². The Morgan fingerprint density at radius 3 is 2.79 bits per heavy atom. The predicted octanol–water partition coefficient (Wildman–Crippen LogP) is 1.22. The fraction of sp³-hybridized carbons (Fsp3) is 0.250. The fourth-order valence-electron chi connectivity index (χ4n) is 1.63. The van der Waals surface area contributed by atoms with E-state index in [2.05, 4.69) is 9.71 Å². The number of rotatable bonds is 6. The van der Waals surface area contributed by atoms with Gasteiger partial charge in [-0.2, -0.15) is 0 Å². The number of hydrogen-bond acceptors (Lipinski definition) is 5. The van der Waals surface area contributed by atoms with Gasteiger partial charge in [-0.05, 0) is 11.1 Å². The lowest BCUT2D eigenvalue weighted by molar-refractivity contribution is 0.581. The maximum atomic E-state index is 11.9. The van der Waals surface area contributed by atoms with Crippen LogP contribution < -0.4 is 10.5 Å². The van der Waals surface area contributed by atoms with E-state index in [0.717, 1.165) is 16.0 Å². The summed E-state index contributed by atoms with van der Waals surface area (Å²) in [6.07, 6.45) is 1.65. The zero-order valence-electron chi connectivity index (χ0n) is 10.2. The molecular weight excluding hydrogens is 282 g/mol. The summed E-state index contributed by atoms with van der Waals surface area (Å²) in [7, 11) is -3.35. The molecule has 0 spiro atoms. The van der Waals surface area contributed by atoms with Crippen LogP contribution in [0.1, 0.15) is 16.0 Å². The molecule has 0 aliphatic rings. The number of hydrogen-bond donors (Lipinski definition) is 2. The molecule has 1 aromatic heterocycles. The van der Waals surface area contributed by atoms with Gasteiger partial charge in [-0.15, -0.1) is 11.3 Å². The summed E-state index contributed by atoms with van der Waals surface area (Å²) in [5.74, 6) is -0.0420. The van der Waals surface area contributed by atoms with Crippen molar-refractivity contribution >= 4 is 21.4 Å². The summed E-state index contributed by atoms with van der Waals surface area (Å²) in [5.41, 5.74) is 8.87. The third kappa shape index (κ3) is 4.39. The summed E-state index contributed by atoms with van der Waals surface area (Å²) in [6.45, 7) is 0.686. The van der Waals surface area contributed by atoms with Gasteiger partial charge in [0.15, 0.2) is 0 Å². The van der Waals surface area contributed by atoms with E-state index >= 15 is 0 Å². The monoisotopic (exact) mass is 297 g/mol. The number of aromatic nitrogens is 1. The molecule has 0 radical (unpaired) electrons. The molecule has 0 aliphatic heterocycles. The fourth-order valence-corrected chi connectivity index (χ4v) is 3.35. The Balaban J connectivity index is 2.00. The quantitative estimate of drug-likeness (QED) is 0.839. The van der Waals surface area contributed by atoms with Crippen molar-refractivity contribution in [2.24, 2.45) is 5.73 Å². The molecule has 2 aromatic rings. The molecule has 0 bridgehead atoms. The highest BCUT2D eigenvalue weighted by atomic mass is 32.2. The van der Waals surface area contributed by atoms with E-state index in [1.54, 1.807) is 17.8 Å². The summed E-state index contributed by atoms with van der Waals surface area (Å²) in [6, 6.07) is 7.29. The van der Waals surface area contributed by atoms with E-state index in [9.17, 15) is 8.42 Å². The lowest BCUT2D eigenvalue weighted by atomic mass is 10.1. The van der Waals surface area contributed by atoms with E-state index in [0.29, 0.717) is 6.54 Å². The average molecular weight is 297 g/mol. The molecule has 5 nitrogen and oxygen atoms in total. The van der Waals surface area contributed by atoms with Crippen LogP contribution in [0.25, 0.3) is 0 Å². The first-order chi connectivity index (χ1) is 9.09. The molecule has 0 atom stereocenters. The highest BCUT2D eigenvalue weighted by Crippen LogP contribution is 2.10. The van der Waals surface area contributed by atoms with Gasteiger partial charge in [0.1, 0.15) is 0 Å². The van der Waals surface area contributed by atoms with Crippen LogP contribution in [0.4, 0.5) is 0 Å². The summed E-state index contributed by atoms with van der Waals surface area (Å²) >= 11 is 1.42. The third-order valence-corrected chi connectivity index (χ3v) is 4.61. The Bertz CT molecular complexity index is 624. The standard InChI is InChI=1S/C12H15N3O2S2/c13-5-10-2-1-3-11(4-10)8-19(16,17)15-7-12-6-14-9-18-12/h1-4,6,9,15H,5,7-8,13H2. The number of nitrogens with zero attached hydrogens (tertiary/aromatic N) is 1. The van der Waals surface area contributed by atoms with Gasteiger partial charge in [-0.3, -0.25) is 4.98 Å². The SMILES string of the molecule is NCc1cccc(CS(=O)(=O)NCc2cncs2)c1. The van der Waals surface area contributed by atoms with Crippen LogP contribution in [0.15, 0.2) is 36.0 Å². The second-order valence-corrected chi connectivity index (χ2v) is 6.85. The second kappa shape index (κ2) is 6.25. The molecular formula is C12H15N3O2S2. The Kier molecular flexibility index (Phi) is 4.65. The van der Waals surface area contributed by atoms with Crippen molar-refractivity contribution in [3.63, 3.8) is 0 Å². The lowest BCUT2D eigenvalue weighted by Gasteiger charge is -2.06. The molecule has 0 saturated carbocycles. The zero-order valence-corrected chi connectivity index (χ0v) is 11.9. The number of nitrogens with one attached hydrogen (secondary N) is 1. The maximum absolute atomic E-state index is 11.9. The molecule has 0 aliphatic carbocycles. The van der Waals surface area contributed by atoms with Crippen molar-refractivity contribution in [3.8, 4) is 0 Å². The van der Waals surface area contributed by atoms with Crippen molar-refractivity contribution in [2.75, 3.05) is 0 Å². The van der Waals surface area contributed by atoms with Crippen molar-refractivity contribution in [2.45, 2.75) is 18.8 Å². The van der Waals surface area contributed by atoms with Crippen molar-refractivity contribution in [1.29, 1.82) is 0 Å². The summed E-state index contributed by atoms with van der Waals surface area (Å²) < 4.78 is 26.4. The molecule has 0 amide bonds. The van der Waals surface area contributed by atoms with E-state index in [-0.39, 0.29) is 12.3 Å². The Hall–Kier alpha value is -1.28. The van der Waals surface area contributed by atoms with Gasteiger partial charge in [-0.1, -0.05) is 24.3 Å². The van der Waals surface area contributed by atoms with Crippen LogP contribution in [0, 0.1) is 0 Å². The van der Waals surface area contributed by atoms with Gasteiger partial charge in [0.05, 0.1) is 11.3 Å². The van der Waals surface area contributed by atoms with Crippen LogP contribution in [-0.2, 0) is 28.9 Å². The molecule has 0 fully saturated rings. The molecule has 3 N–H and O–H groups in total. The first-order valence-electron chi connectivity index (χ1n) is 5.71. The minimum atomic E-state index is -3.35. The highest BCUT2D eigenvalue weighted by molar-refractivity contribution is 7.88. The maximum Gasteiger partial charge on any atom is 0.216 e. The molecule has 102 valence electrons. The molecule has 7 heteroatoms. The number of sulfonamides is 1. The zero-order chi connectivity index (χ0) is 13.7. The Morgan fingerprint density at radius 1 is 1.32 bits per heavy atom. The van der Waals surface area contributed by atoms with Crippen LogP contribution in [0.5, 0.6) is 0 Å². The summed E-state index contributed by atoms with van der Waals surface area (Å²) in [5, 5.41) is 0. The molecule has 1 aromatic carbocycles. The predicted molar refractivity (Wildman–Crippen MR) is 75.9 cm³/mol. The van der Waals surface area contributed by atoms with Crippen LogP contribution >= 0.6 is 11.3 Å². The van der Waals surface area contributed by atoms with E-state index in [1.165, 1.54) is 11.3 Å². The normalized spacial score (nSPS) is 11.6. The van der Waals surface area contributed by atoms with Gasteiger partial charge < -0.3 is 5.73 Å². The molecule has 0 unspecified atom stereocenters. The van der Waals surface area contributed by atoms with Gasteiger partial charge in [0.25, 0.3) is 0 Å². The number of thiazole rings is 1. The molecule has 0 saturated heterocycles. The van der Waals surface area contributed by atoms with Gasteiger partial charge in [-0.25, -0.2) is 13.1 Å². The summed E-state index contributed by atoms with van der Waals surface area (Å²) in [4.78, 5) is 4.79. The van der Waals surface area contributed by atoms with Gasteiger partial charge in [0, 0.05) is 24.2 Å². The Morgan fingerprint density at radius 2 is 2.11 bits per heavy atom. The van der Waals surface area contributed by atoms with Gasteiger partial charge in [0.2, 0.25) is 10.0 Å². The molecule has 2 rings (SSSR count). The highest BCUT2D eigenvalue weighted by Gasteiger charge is 2.11. The first-order valence-corrected chi connectivity index (χ1v) is 8.25.